The van der Waals surface area contributed by atoms with E-state index < -0.39 is 17.7 Å². The number of hydrogen-bond donors (Lipinski definition) is 2. The molecule has 4 unspecified atom stereocenters. The highest BCUT2D eigenvalue weighted by Gasteiger charge is 2.42. The molecular weight excluding hydrogens is 274 g/mol. The van der Waals surface area contributed by atoms with Crippen molar-refractivity contribution in [2.45, 2.75) is 38.3 Å². The summed E-state index contributed by atoms with van der Waals surface area (Å²) in [5, 5.41) is 6.00. The number of fused-ring (bicyclic) bond motifs is 1. The fourth-order valence-electron chi connectivity index (χ4n) is 3.77. The van der Waals surface area contributed by atoms with E-state index in [0.717, 1.165) is 19.4 Å². The first kappa shape index (κ1) is 14.4. The van der Waals surface area contributed by atoms with Crippen LogP contribution in [0, 0.1) is 23.5 Å². The molecule has 1 aromatic rings. The molecule has 1 saturated carbocycles. The molecule has 0 radical (unpaired) electrons. The van der Waals surface area contributed by atoms with Gasteiger partial charge in [0.15, 0.2) is 0 Å². The van der Waals surface area contributed by atoms with E-state index in [9.17, 15) is 13.6 Å². The van der Waals surface area contributed by atoms with Gasteiger partial charge >= 0.3 is 0 Å². The van der Waals surface area contributed by atoms with E-state index in [1.165, 1.54) is 24.6 Å². The molecule has 2 aliphatic rings. The van der Waals surface area contributed by atoms with Gasteiger partial charge in [-0.3, -0.25) is 4.79 Å². The Bertz CT molecular complexity index is 529. The minimum Gasteiger partial charge on any atom is -0.348 e. The zero-order chi connectivity index (χ0) is 15.0. The van der Waals surface area contributed by atoms with Crippen molar-refractivity contribution in [3.05, 3.63) is 35.4 Å². The summed E-state index contributed by atoms with van der Waals surface area (Å²) < 4.78 is 27.5. The third kappa shape index (κ3) is 2.67. The van der Waals surface area contributed by atoms with E-state index in [4.69, 9.17) is 0 Å². The van der Waals surface area contributed by atoms with E-state index in [1.807, 2.05) is 0 Å². The molecule has 1 amide bonds. The third-order valence-corrected chi connectivity index (χ3v) is 4.82. The van der Waals surface area contributed by atoms with Crippen molar-refractivity contribution in [2.24, 2.45) is 11.8 Å². The monoisotopic (exact) mass is 294 g/mol. The van der Waals surface area contributed by atoms with Gasteiger partial charge in [-0.2, -0.15) is 0 Å². The van der Waals surface area contributed by atoms with Gasteiger partial charge in [0, 0.05) is 5.56 Å². The summed E-state index contributed by atoms with van der Waals surface area (Å²) in [5.41, 5.74) is -0.0770. The first-order valence-corrected chi connectivity index (χ1v) is 7.55. The minimum absolute atomic E-state index is 0.0770. The molecule has 1 aromatic carbocycles. The SMILES string of the molecule is CC(NC(=O)C1NCC2CCCC21)c1c(F)cccc1F. The first-order valence-electron chi connectivity index (χ1n) is 7.55. The number of benzene rings is 1. The quantitative estimate of drug-likeness (QED) is 0.899. The Balaban J connectivity index is 1.70. The lowest BCUT2D eigenvalue weighted by Gasteiger charge is -2.22. The van der Waals surface area contributed by atoms with Gasteiger partial charge in [-0.15, -0.1) is 0 Å². The van der Waals surface area contributed by atoms with Gasteiger partial charge in [0.1, 0.15) is 11.6 Å². The standard InChI is InChI=1S/C16H20F2N2O/c1-9(14-12(17)6-3-7-13(14)18)20-16(21)15-11-5-2-4-10(11)8-19-15/h3,6-7,9-11,15,19H,2,4-5,8H2,1H3,(H,20,21). The molecule has 1 saturated heterocycles. The summed E-state index contributed by atoms with van der Waals surface area (Å²) in [7, 11) is 0. The Morgan fingerprint density at radius 3 is 2.76 bits per heavy atom. The summed E-state index contributed by atoms with van der Waals surface area (Å²) in [6.45, 7) is 2.48. The summed E-state index contributed by atoms with van der Waals surface area (Å²) in [4.78, 5) is 12.4. The molecule has 4 atom stereocenters. The molecule has 114 valence electrons. The number of rotatable bonds is 3. The highest BCUT2D eigenvalue weighted by Crippen LogP contribution is 2.37. The molecule has 21 heavy (non-hydrogen) atoms. The fourth-order valence-corrected chi connectivity index (χ4v) is 3.77. The van der Waals surface area contributed by atoms with Crippen LogP contribution in [0.1, 0.15) is 37.8 Å². The van der Waals surface area contributed by atoms with Crippen molar-refractivity contribution in [3.63, 3.8) is 0 Å². The third-order valence-electron chi connectivity index (χ3n) is 4.82. The van der Waals surface area contributed by atoms with Gasteiger partial charge in [-0.25, -0.2) is 8.78 Å². The van der Waals surface area contributed by atoms with Crippen LogP contribution in [0.2, 0.25) is 0 Å². The van der Waals surface area contributed by atoms with Crippen molar-refractivity contribution < 1.29 is 13.6 Å². The number of halogens is 2. The van der Waals surface area contributed by atoms with Gasteiger partial charge in [0.05, 0.1) is 12.1 Å². The first-order chi connectivity index (χ1) is 10.1. The predicted molar refractivity (Wildman–Crippen MR) is 75.5 cm³/mol. The second kappa shape index (κ2) is 5.72. The lowest BCUT2D eigenvalue weighted by molar-refractivity contribution is -0.124. The summed E-state index contributed by atoms with van der Waals surface area (Å²) in [6.07, 6.45) is 3.38. The Labute approximate surface area is 123 Å². The molecule has 2 N–H and O–H groups in total. The van der Waals surface area contributed by atoms with Gasteiger partial charge in [-0.05, 0) is 50.3 Å². The second-order valence-electron chi connectivity index (χ2n) is 6.11. The maximum absolute atomic E-state index is 13.7. The number of amides is 1. The molecule has 2 fully saturated rings. The van der Waals surface area contributed by atoms with Crippen molar-refractivity contribution in [1.29, 1.82) is 0 Å². The van der Waals surface area contributed by atoms with Crippen LogP contribution < -0.4 is 10.6 Å². The number of hydrogen-bond acceptors (Lipinski definition) is 2. The van der Waals surface area contributed by atoms with E-state index >= 15 is 0 Å². The maximum Gasteiger partial charge on any atom is 0.237 e. The van der Waals surface area contributed by atoms with E-state index in [0.29, 0.717) is 11.8 Å². The van der Waals surface area contributed by atoms with Gasteiger partial charge in [0.2, 0.25) is 5.91 Å². The average molecular weight is 294 g/mol. The zero-order valence-electron chi connectivity index (χ0n) is 12.0. The van der Waals surface area contributed by atoms with Gasteiger partial charge < -0.3 is 10.6 Å². The fraction of sp³-hybridized carbons (Fsp3) is 0.562. The topological polar surface area (TPSA) is 41.1 Å². The van der Waals surface area contributed by atoms with Crippen molar-refractivity contribution in [1.82, 2.24) is 10.6 Å². The van der Waals surface area contributed by atoms with Gasteiger partial charge in [0.25, 0.3) is 0 Å². The normalized spacial score (nSPS) is 29.2. The Hall–Kier alpha value is -1.49. The van der Waals surface area contributed by atoms with Crippen LogP contribution in [-0.4, -0.2) is 18.5 Å². The molecular formula is C16H20F2N2O. The Morgan fingerprint density at radius 1 is 1.33 bits per heavy atom. The van der Waals surface area contributed by atoms with Crippen LogP contribution in [0.5, 0.6) is 0 Å². The molecule has 1 aliphatic heterocycles. The van der Waals surface area contributed by atoms with Crippen LogP contribution in [0.4, 0.5) is 8.78 Å². The molecule has 1 aliphatic carbocycles. The molecule has 0 spiro atoms. The molecule has 3 nitrogen and oxygen atoms in total. The van der Waals surface area contributed by atoms with Gasteiger partial charge in [-0.1, -0.05) is 12.5 Å². The van der Waals surface area contributed by atoms with Crippen LogP contribution >= 0.6 is 0 Å². The molecule has 0 bridgehead atoms. The lowest BCUT2D eigenvalue weighted by atomic mass is 9.93. The van der Waals surface area contributed by atoms with E-state index in [1.54, 1.807) is 6.92 Å². The number of carbonyl (C=O) groups excluding carboxylic acids is 1. The Kier molecular flexibility index (Phi) is 3.93. The summed E-state index contributed by atoms with van der Waals surface area (Å²) >= 11 is 0. The highest BCUT2D eigenvalue weighted by molar-refractivity contribution is 5.83. The zero-order valence-corrected chi connectivity index (χ0v) is 12.0. The van der Waals surface area contributed by atoms with Crippen molar-refractivity contribution >= 4 is 5.91 Å². The molecule has 0 aromatic heterocycles. The summed E-state index contributed by atoms with van der Waals surface area (Å²) in [5.74, 6) is -0.467. The summed E-state index contributed by atoms with van der Waals surface area (Å²) in [6, 6.07) is 2.84. The second-order valence-corrected chi connectivity index (χ2v) is 6.11. The van der Waals surface area contributed by atoms with Crippen LogP contribution in [0.3, 0.4) is 0 Å². The average Bonchev–Trinajstić information content (AvgIpc) is 3.00. The van der Waals surface area contributed by atoms with Crippen LogP contribution in [0.25, 0.3) is 0 Å². The molecule has 3 rings (SSSR count). The minimum atomic E-state index is -0.680. The van der Waals surface area contributed by atoms with Crippen LogP contribution in [-0.2, 0) is 4.79 Å². The molecule has 5 heteroatoms. The number of nitrogens with one attached hydrogen (secondary N) is 2. The lowest BCUT2D eigenvalue weighted by Crippen LogP contribution is -2.44. The van der Waals surface area contributed by atoms with E-state index in [2.05, 4.69) is 10.6 Å². The number of carbonyl (C=O) groups is 1. The smallest absolute Gasteiger partial charge is 0.237 e. The van der Waals surface area contributed by atoms with Crippen LogP contribution in [0.15, 0.2) is 18.2 Å². The van der Waals surface area contributed by atoms with E-state index in [-0.39, 0.29) is 17.5 Å². The Morgan fingerprint density at radius 2 is 2.05 bits per heavy atom. The van der Waals surface area contributed by atoms with Crippen molar-refractivity contribution in [2.75, 3.05) is 6.54 Å². The highest BCUT2D eigenvalue weighted by atomic mass is 19.1. The molecule has 1 heterocycles. The maximum atomic E-state index is 13.7. The predicted octanol–water partition coefficient (Wildman–Crippen LogP) is 2.53. The van der Waals surface area contributed by atoms with Crippen molar-refractivity contribution in [3.8, 4) is 0 Å². The largest absolute Gasteiger partial charge is 0.348 e.